The molecule has 0 aliphatic rings. The van der Waals surface area contributed by atoms with E-state index in [4.69, 9.17) is 0 Å². The Balaban J connectivity index is 3.15. The molecule has 0 fully saturated rings. The summed E-state index contributed by atoms with van der Waals surface area (Å²) in [6.07, 6.45) is 7.14. The minimum atomic E-state index is 1.05. The Morgan fingerprint density at radius 1 is 1.27 bits per heavy atom. The summed E-state index contributed by atoms with van der Waals surface area (Å²) in [4.78, 5) is 0. The smallest absolute Gasteiger partial charge is 0.0156 e. The Morgan fingerprint density at radius 3 is 2.40 bits per heavy atom. The summed E-state index contributed by atoms with van der Waals surface area (Å²) in [6.45, 7) is 8.03. The number of hydrogen-bond donors (Lipinski definition) is 0. The minimum absolute atomic E-state index is 1.05. The van der Waals surface area contributed by atoms with Crippen LogP contribution in [0.3, 0.4) is 0 Å². The third kappa shape index (κ3) is 2.95. The van der Waals surface area contributed by atoms with Gasteiger partial charge >= 0.3 is 0 Å². The van der Waals surface area contributed by atoms with E-state index in [1.807, 2.05) is 12.1 Å². The Kier molecular flexibility index (Phi) is 4.62. The molecule has 1 aromatic rings. The summed E-state index contributed by atoms with van der Waals surface area (Å²) >= 11 is 0. The molecule has 0 heterocycles. The molecule has 0 atom stereocenters. The zero-order chi connectivity index (χ0) is 11.1. The van der Waals surface area contributed by atoms with Crippen LogP contribution in [0.15, 0.2) is 60.7 Å². The minimum Gasteiger partial charge on any atom is -0.0990 e. The Labute approximate surface area is 92.6 Å². The number of allylic oxidation sites excluding steroid dienone is 5. The van der Waals surface area contributed by atoms with Crippen LogP contribution in [0, 0.1) is 0 Å². The van der Waals surface area contributed by atoms with Crippen molar-refractivity contribution in [3.8, 4) is 0 Å². The second kappa shape index (κ2) is 6.02. The topological polar surface area (TPSA) is 0 Å². The van der Waals surface area contributed by atoms with Crippen molar-refractivity contribution in [2.75, 3.05) is 0 Å². The van der Waals surface area contributed by atoms with Crippen molar-refractivity contribution in [2.24, 2.45) is 0 Å². The SMILES string of the molecule is C=C/C=C(\C(=C/C)CC)c1ccccc1. The highest BCUT2D eigenvalue weighted by Crippen LogP contribution is 2.25. The molecule has 0 saturated heterocycles. The second-order valence-corrected chi connectivity index (χ2v) is 3.35. The van der Waals surface area contributed by atoms with E-state index in [-0.39, 0.29) is 0 Å². The molecule has 0 N–H and O–H groups in total. The van der Waals surface area contributed by atoms with E-state index in [1.54, 1.807) is 0 Å². The van der Waals surface area contributed by atoms with E-state index in [2.05, 4.69) is 56.8 Å². The van der Waals surface area contributed by atoms with Gasteiger partial charge in [0.15, 0.2) is 0 Å². The van der Waals surface area contributed by atoms with Crippen LogP contribution in [-0.2, 0) is 0 Å². The first-order valence-electron chi connectivity index (χ1n) is 5.37. The van der Waals surface area contributed by atoms with Gasteiger partial charge in [0.1, 0.15) is 0 Å². The van der Waals surface area contributed by atoms with Gasteiger partial charge in [-0.2, -0.15) is 0 Å². The van der Waals surface area contributed by atoms with Crippen LogP contribution < -0.4 is 0 Å². The molecule has 0 aliphatic heterocycles. The first-order valence-corrected chi connectivity index (χ1v) is 5.37. The van der Waals surface area contributed by atoms with E-state index >= 15 is 0 Å². The normalized spacial score (nSPS) is 12.7. The van der Waals surface area contributed by atoms with Crippen molar-refractivity contribution in [1.82, 2.24) is 0 Å². The van der Waals surface area contributed by atoms with Crippen molar-refractivity contribution in [3.05, 3.63) is 66.3 Å². The highest BCUT2D eigenvalue weighted by molar-refractivity contribution is 5.79. The lowest BCUT2D eigenvalue weighted by molar-refractivity contribution is 1.15. The highest BCUT2D eigenvalue weighted by atomic mass is 14.1. The highest BCUT2D eigenvalue weighted by Gasteiger charge is 2.03. The summed E-state index contributed by atoms with van der Waals surface area (Å²) in [5.41, 5.74) is 3.89. The number of rotatable bonds is 4. The van der Waals surface area contributed by atoms with Crippen molar-refractivity contribution in [3.63, 3.8) is 0 Å². The van der Waals surface area contributed by atoms with Crippen LogP contribution in [-0.4, -0.2) is 0 Å². The van der Waals surface area contributed by atoms with E-state index in [0.717, 1.165) is 6.42 Å². The summed E-state index contributed by atoms with van der Waals surface area (Å²) in [5.74, 6) is 0. The van der Waals surface area contributed by atoms with Gasteiger partial charge < -0.3 is 0 Å². The third-order valence-electron chi connectivity index (χ3n) is 2.44. The van der Waals surface area contributed by atoms with E-state index in [0.29, 0.717) is 0 Å². The van der Waals surface area contributed by atoms with Gasteiger partial charge in [0.2, 0.25) is 0 Å². The van der Waals surface area contributed by atoms with Gasteiger partial charge in [-0.1, -0.05) is 62.1 Å². The Hall–Kier alpha value is -1.56. The van der Waals surface area contributed by atoms with Gasteiger partial charge in [0.05, 0.1) is 0 Å². The Bertz CT molecular complexity index is 366. The summed E-state index contributed by atoms with van der Waals surface area (Å²) in [6, 6.07) is 10.4. The van der Waals surface area contributed by atoms with Crippen molar-refractivity contribution >= 4 is 5.57 Å². The van der Waals surface area contributed by atoms with Crippen LogP contribution in [0.25, 0.3) is 5.57 Å². The standard InChI is InChI=1S/C15H18/c1-4-10-15(13(5-2)6-3)14-11-8-7-9-12-14/h4-5,7-12H,1,6H2,2-3H3/b13-5-,15-10+. The molecule has 0 spiro atoms. The molecule has 0 radical (unpaired) electrons. The lowest BCUT2D eigenvalue weighted by atomic mass is 9.95. The average molecular weight is 198 g/mol. The van der Waals surface area contributed by atoms with Gasteiger partial charge in [-0.05, 0) is 30.1 Å². The van der Waals surface area contributed by atoms with Gasteiger partial charge in [0, 0.05) is 0 Å². The van der Waals surface area contributed by atoms with E-state index in [9.17, 15) is 0 Å². The number of benzene rings is 1. The molecule has 15 heavy (non-hydrogen) atoms. The lowest BCUT2D eigenvalue weighted by Crippen LogP contribution is -1.88. The zero-order valence-electron chi connectivity index (χ0n) is 9.53. The maximum absolute atomic E-state index is 3.77. The van der Waals surface area contributed by atoms with Crippen LogP contribution in [0.4, 0.5) is 0 Å². The zero-order valence-corrected chi connectivity index (χ0v) is 9.53. The fraction of sp³-hybridized carbons (Fsp3) is 0.200. The molecule has 0 saturated carbocycles. The molecule has 1 rings (SSSR count). The van der Waals surface area contributed by atoms with Crippen LogP contribution >= 0.6 is 0 Å². The first kappa shape index (κ1) is 11.5. The molecule has 0 bridgehead atoms. The number of hydrogen-bond acceptors (Lipinski definition) is 0. The predicted molar refractivity (Wildman–Crippen MR) is 68.7 cm³/mol. The van der Waals surface area contributed by atoms with Crippen LogP contribution in [0.5, 0.6) is 0 Å². The quantitative estimate of drug-likeness (QED) is 0.620. The van der Waals surface area contributed by atoms with Gasteiger partial charge in [-0.25, -0.2) is 0 Å². The van der Waals surface area contributed by atoms with Crippen LogP contribution in [0.2, 0.25) is 0 Å². The maximum atomic E-state index is 3.77. The van der Waals surface area contributed by atoms with Crippen LogP contribution in [0.1, 0.15) is 25.8 Å². The molecule has 0 amide bonds. The molecular weight excluding hydrogens is 180 g/mol. The molecule has 1 aromatic carbocycles. The van der Waals surface area contributed by atoms with Crippen molar-refractivity contribution in [2.45, 2.75) is 20.3 Å². The summed E-state index contributed by atoms with van der Waals surface area (Å²) in [7, 11) is 0. The molecule has 0 heteroatoms. The van der Waals surface area contributed by atoms with E-state index in [1.165, 1.54) is 16.7 Å². The lowest BCUT2D eigenvalue weighted by Gasteiger charge is -2.09. The van der Waals surface area contributed by atoms with Crippen molar-refractivity contribution < 1.29 is 0 Å². The fourth-order valence-electron chi connectivity index (χ4n) is 1.67. The maximum Gasteiger partial charge on any atom is -0.0156 e. The van der Waals surface area contributed by atoms with E-state index < -0.39 is 0 Å². The summed E-state index contributed by atoms with van der Waals surface area (Å²) in [5, 5.41) is 0. The molecular formula is C15H18. The fourth-order valence-corrected chi connectivity index (χ4v) is 1.67. The van der Waals surface area contributed by atoms with Gasteiger partial charge in [-0.15, -0.1) is 0 Å². The largest absolute Gasteiger partial charge is 0.0990 e. The van der Waals surface area contributed by atoms with Gasteiger partial charge in [0.25, 0.3) is 0 Å². The van der Waals surface area contributed by atoms with Gasteiger partial charge in [-0.3, -0.25) is 0 Å². The first-order chi connectivity index (χ1) is 7.33. The summed E-state index contributed by atoms with van der Waals surface area (Å²) < 4.78 is 0. The van der Waals surface area contributed by atoms with Crippen molar-refractivity contribution in [1.29, 1.82) is 0 Å². The third-order valence-corrected chi connectivity index (χ3v) is 2.44. The Morgan fingerprint density at radius 2 is 1.93 bits per heavy atom. The predicted octanol–water partition coefficient (Wildman–Crippen LogP) is 4.61. The molecule has 78 valence electrons. The second-order valence-electron chi connectivity index (χ2n) is 3.35. The molecule has 0 aromatic heterocycles. The average Bonchev–Trinajstić information content (AvgIpc) is 2.30. The molecule has 0 aliphatic carbocycles. The molecule has 0 unspecified atom stereocenters. The molecule has 0 nitrogen and oxygen atoms in total. The monoisotopic (exact) mass is 198 g/mol.